The first kappa shape index (κ1) is 23.1. The smallest absolute Gasteiger partial charge is 0.226 e. The van der Waals surface area contributed by atoms with Gasteiger partial charge in [0.2, 0.25) is 5.89 Å². The van der Waals surface area contributed by atoms with E-state index in [1.807, 2.05) is 30.3 Å². The van der Waals surface area contributed by atoms with Gasteiger partial charge in [-0.15, -0.1) is 24.0 Å². The fourth-order valence-corrected chi connectivity index (χ4v) is 3.63. The molecule has 1 saturated heterocycles. The molecule has 0 saturated carbocycles. The summed E-state index contributed by atoms with van der Waals surface area (Å²) in [4.78, 5) is 11.7. The monoisotopic (exact) mass is 531 g/mol. The molecule has 1 aromatic heterocycles. The molecule has 1 unspecified atom stereocenters. The number of aliphatic imine (C=N–C) groups is 1. The largest absolute Gasteiger partial charge is 0.444 e. The molecule has 2 N–H and O–H groups in total. The lowest BCUT2D eigenvalue weighted by molar-refractivity contribution is 0.572. The van der Waals surface area contributed by atoms with Crippen LogP contribution in [0, 0.1) is 6.92 Å². The van der Waals surface area contributed by atoms with E-state index in [1.165, 1.54) is 11.3 Å². The van der Waals surface area contributed by atoms with Gasteiger partial charge in [-0.25, -0.2) is 9.98 Å². The van der Waals surface area contributed by atoms with Gasteiger partial charge in [0.15, 0.2) is 5.96 Å². The van der Waals surface area contributed by atoms with Crippen LogP contribution in [-0.2, 0) is 6.54 Å². The summed E-state index contributed by atoms with van der Waals surface area (Å²) in [6, 6.07) is 19.0. The van der Waals surface area contributed by atoms with Crippen LogP contribution in [0.2, 0.25) is 0 Å². The number of halogens is 1. The number of benzene rings is 2. The molecule has 3 aromatic rings. The zero-order chi connectivity index (χ0) is 20.8. The Morgan fingerprint density at radius 3 is 2.68 bits per heavy atom. The van der Waals surface area contributed by atoms with Gasteiger partial charge < -0.3 is 20.0 Å². The molecular formula is C24H30IN5O. The van der Waals surface area contributed by atoms with Gasteiger partial charge in [0.25, 0.3) is 0 Å². The number of aromatic nitrogens is 1. The third-order valence-electron chi connectivity index (χ3n) is 5.24. The van der Waals surface area contributed by atoms with Gasteiger partial charge in [-0.2, -0.15) is 0 Å². The van der Waals surface area contributed by atoms with Crippen molar-refractivity contribution in [3.63, 3.8) is 0 Å². The maximum atomic E-state index is 5.62. The molecule has 0 amide bonds. The molecule has 1 aliphatic rings. The van der Waals surface area contributed by atoms with E-state index in [1.54, 1.807) is 6.26 Å². The second-order valence-electron chi connectivity index (χ2n) is 7.62. The summed E-state index contributed by atoms with van der Waals surface area (Å²) < 4.78 is 5.62. The van der Waals surface area contributed by atoms with Crippen LogP contribution in [0.1, 0.15) is 24.6 Å². The van der Waals surface area contributed by atoms with Crippen molar-refractivity contribution in [1.29, 1.82) is 0 Å². The fourth-order valence-electron chi connectivity index (χ4n) is 3.63. The van der Waals surface area contributed by atoms with E-state index < -0.39 is 0 Å². The molecule has 1 atom stereocenters. The molecule has 1 fully saturated rings. The Balaban J connectivity index is 0.00000272. The number of hydrogen-bond acceptors (Lipinski definition) is 4. The van der Waals surface area contributed by atoms with Crippen LogP contribution in [0.25, 0.3) is 11.5 Å². The number of hydrogen-bond donors (Lipinski definition) is 2. The molecule has 6 nitrogen and oxygen atoms in total. The van der Waals surface area contributed by atoms with Crippen molar-refractivity contribution in [2.45, 2.75) is 32.9 Å². The highest BCUT2D eigenvalue weighted by molar-refractivity contribution is 14.0. The Labute approximate surface area is 201 Å². The number of nitrogens with one attached hydrogen (secondary N) is 2. The molecule has 0 bridgehead atoms. The molecule has 1 aliphatic heterocycles. The average Bonchev–Trinajstić information content (AvgIpc) is 3.43. The molecule has 31 heavy (non-hydrogen) atoms. The van der Waals surface area contributed by atoms with Crippen LogP contribution in [0.3, 0.4) is 0 Å². The molecule has 7 heteroatoms. The Bertz CT molecular complexity index is 971. The highest BCUT2D eigenvalue weighted by Gasteiger charge is 2.23. The first-order valence-electron chi connectivity index (χ1n) is 10.6. The summed E-state index contributed by atoms with van der Waals surface area (Å²) in [6.07, 6.45) is 2.77. The topological polar surface area (TPSA) is 65.7 Å². The normalized spacial score (nSPS) is 16.1. The Morgan fingerprint density at radius 2 is 1.94 bits per heavy atom. The van der Waals surface area contributed by atoms with Crippen LogP contribution in [-0.4, -0.2) is 36.6 Å². The van der Waals surface area contributed by atoms with Gasteiger partial charge in [-0.05, 0) is 44.5 Å². The third-order valence-corrected chi connectivity index (χ3v) is 5.24. The van der Waals surface area contributed by atoms with Crippen molar-refractivity contribution in [2.75, 3.05) is 24.5 Å². The minimum Gasteiger partial charge on any atom is -0.444 e. The zero-order valence-electron chi connectivity index (χ0n) is 18.0. The number of nitrogens with zero attached hydrogens (tertiary/aromatic N) is 3. The van der Waals surface area contributed by atoms with E-state index in [-0.39, 0.29) is 24.0 Å². The van der Waals surface area contributed by atoms with Crippen molar-refractivity contribution in [1.82, 2.24) is 15.6 Å². The molecular weight excluding hydrogens is 501 g/mol. The minimum absolute atomic E-state index is 0. The maximum Gasteiger partial charge on any atom is 0.226 e. The molecule has 0 spiro atoms. The average molecular weight is 531 g/mol. The Morgan fingerprint density at radius 1 is 1.16 bits per heavy atom. The molecule has 0 radical (unpaired) electrons. The van der Waals surface area contributed by atoms with Gasteiger partial charge in [-0.3, -0.25) is 0 Å². The van der Waals surface area contributed by atoms with Gasteiger partial charge in [0, 0.05) is 36.9 Å². The van der Waals surface area contributed by atoms with Crippen molar-refractivity contribution in [3.8, 4) is 11.5 Å². The van der Waals surface area contributed by atoms with E-state index in [2.05, 4.69) is 58.6 Å². The first-order chi connectivity index (χ1) is 14.7. The summed E-state index contributed by atoms with van der Waals surface area (Å²) >= 11 is 0. The number of oxazole rings is 1. The number of aryl methyl sites for hydroxylation is 1. The highest BCUT2D eigenvalue weighted by atomic mass is 127. The predicted octanol–water partition coefficient (Wildman–Crippen LogP) is 4.60. The third kappa shape index (κ3) is 6.22. The quantitative estimate of drug-likeness (QED) is 0.277. The summed E-state index contributed by atoms with van der Waals surface area (Å²) in [6.45, 7) is 7.50. The zero-order valence-corrected chi connectivity index (χ0v) is 20.4. The molecule has 4 rings (SSSR count). The molecule has 0 aliphatic carbocycles. The standard InChI is InChI=1S/C24H29N5O.HI/c1-3-25-24(26-15-21-17-30-23(27-21)19-7-5-4-6-8-19)28-20-13-14-29(16-20)22-11-9-18(2)10-12-22;/h4-12,17,20H,3,13-16H2,1-2H3,(H2,25,26,28);1H. The van der Waals surface area contributed by atoms with E-state index in [0.717, 1.165) is 43.3 Å². The Hall–Kier alpha value is -2.55. The van der Waals surface area contributed by atoms with Gasteiger partial charge in [-0.1, -0.05) is 35.9 Å². The number of rotatable bonds is 6. The first-order valence-corrected chi connectivity index (χ1v) is 10.6. The SMILES string of the molecule is CCNC(=NCc1coc(-c2ccccc2)n1)NC1CCN(c2ccc(C)cc2)C1.I. The Kier molecular flexibility index (Phi) is 8.34. The summed E-state index contributed by atoms with van der Waals surface area (Å²) in [5.41, 5.74) is 4.36. The van der Waals surface area contributed by atoms with Crippen molar-refractivity contribution >= 4 is 35.6 Å². The van der Waals surface area contributed by atoms with Gasteiger partial charge in [0.1, 0.15) is 12.0 Å². The van der Waals surface area contributed by atoms with Crippen molar-refractivity contribution < 1.29 is 4.42 Å². The van der Waals surface area contributed by atoms with E-state index in [4.69, 9.17) is 9.41 Å². The summed E-state index contributed by atoms with van der Waals surface area (Å²) in [7, 11) is 0. The van der Waals surface area contributed by atoms with E-state index >= 15 is 0 Å². The fraction of sp³-hybridized carbons (Fsp3) is 0.333. The molecule has 2 aromatic carbocycles. The van der Waals surface area contributed by atoms with Crippen LogP contribution < -0.4 is 15.5 Å². The van der Waals surface area contributed by atoms with Crippen LogP contribution in [0.15, 0.2) is 70.3 Å². The number of anilines is 1. The van der Waals surface area contributed by atoms with Crippen molar-refractivity contribution in [2.24, 2.45) is 4.99 Å². The van der Waals surface area contributed by atoms with Gasteiger partial charge in [0.05, 0.1) is 6.54 Å². The van der Waals surface area contributed by atoms with Crippen molar-refractivity contribution in [3.05, 3.63) is 72.1 Å². The summed E-state index contributed by atoms with van der Waals surface area (Å²) in [5.74, 6) is 1.45. The van der Waals surface area contributed by atoms with Gasteiger partial charge >= 0.3 is 0 Å². The lowest BCUT2D eigenvalue weighted by atomic mass is 10.2. The molecule has 164 valence electrons. The lowest BCUT2D eigenvalue weighted by Gasteiger charge is -2.20. The van der Waals surface area contributed by atoms with Crippen LogP contribution in [0.4, 0.5) is 5.69 Å². The minimum atomic E-state index is 0. The van der Waals surface area contributed by atoms with Crippen LogP contribution >= 0.6 is 24.0 Å². The number of guanidine groups is 1. The van der Waals surface area contributed by atoms with Crippen LogP contribution in [0.5, 0.6) is 0 Å². The molecule has 2 heterocycles. The highest BCUT2D eigenvalue weighted by Crippen LogP contribution is 2.21. The lowest BCUT2D eigenvalue weighted by Crippen LogP contribution is -2.44. The second-order valence-corrected chi connectivity index (χ2v) is 7.62. The van der Waals surface area contributed by atoms with E-state index in [0.29, 0.717) is 18.5 Å². The second kappa shape index (κ2) is 11.2. The summed E-state index contributed by atoms with van der Waals surface area (Å²) in [5, 5.41) is 6.92. The van der Waals surface area contributed by atoms with E-state index in [9.17, 15) is 0 Å². The predicted molar refractivity (Wildman–Crippen MR) is 137 cm³/mol. The maximum absolute atomic E-state index is 5.62.